The van der Waals surface area contributed by atoms with Gasteiger partial charge in [0.25, 0.3) is 0 Å². The highest BCUT2D eigenvalue weighted by Gasteiger charge is 2.17. The Hall–Kier alpha value is -2.01. The summed E-state index contributed by atoms with van der Waals surface area (Å²) in [5.41, 5.74) is 7.42. The molecule has 0 radical (unpaired) electrons. The van der Waals surface area contributed by atoms with E-state index in [1.165, 1.54) is 0 Å². The van der Waals surface area contributed by atoms with Crippen LogP contribution in [0.4, 0.5) is 5.88 Å². The van der Waals surface area contributed by atoms with Crippen molar-refractivity contribution in [2.75, 3.05) is 18.9 Å². The second-order valence-electron chi connectivity index (χ2n) is 4.23. The third-order valence-corrected chi connectivity index (χ3v) is 2.95. The van der Waals surface area contributed by atoms with Crippen molar-refractivity contribution in [1.29, 1.82) is 0 Å². The maximum Gasteiger partial charge on any atom is 0.229 e. The van der Waals surface area contributed by atoms with Crippen molar-refractivity contribution in [3.8, 4) is 16.9 Å². The van der Waals surface area contributed by atoms with Gasteiger partial charge in [0, 0.05) is 6.42 Å². The summed E-state index contributed by atoms with van der Waals surface area (Å²) in [6, 6.07) is 7.71. The molecular weight excluding hydrogens is 232 g/mol. The van der Waals surface area contributed by atoms with E-state index in [1.807, 2.05) is 24.3 Å². The van der Waals surface area contributed by atoms with Gasteiger partial charge in [0.2, 0.25) is 5.88 Å². The first-order valence-corrected chi connectivity index (χ1v) is 5.88. The number of nitrogens with zero attached hydrogens (tertiary/aromatic N) is 1. The van der Waals surface area contributed by atoms with Crippen LogP contribution in [0, 0.1) is 0 Å². The van der Waals surface area contributed by atoms with Crippen molar-refractivity contribution in [2.45, 2.75) is 12.5 Å². The number of anilines is 1. The van der Waals surface area contributed by atoms with Gasteiger partial charge in [-0.05, 0) is 17.7 Å². The summed E-state index contributed by atoms with van der Waals surface area (Å²) in [7, 11) is 0. The Labute approximate surface area is 104 Å². The molecular formula is C13H14N2O3. The highest BCUT2D eigenvalue weighted by molar-refractivity contribution is 5.72. The number of hydrogen-bond donors (Lipinski definition) is 1. The number of aromatic nitrogens is 1. The lowest BCUT2D eigenvalue weighted by atomic mass is 10.1. The van der Waals surface area contributed by atoms with Gasteiger partial charge >= 0.3 is 0 Å². The fourth-order valence-corrected chi connectivity index (χ4v) is 1.98. The number of benzene rings is 1. The normalized spacial score (nSPS) is 19.0. The molecule has 1 fully saturated rings. The summed E-state index contributed by atoms with van der Waals surface area (Å²) < 4.78 is 15.9. The topological polar surface area (TPSA) is 70.5 Å². The molecule has 1 aliphatic rings. The first-order valence-electron chi connectivity index (χ1n) is 5.88. The van der Waals surface area contributed by atoms with Crippen molar-refractivity contribution in [3.05, 3.63) is 30.5 Å². The lowest BCUT2D eigenvalue weighted by Crippen LogP contribution is -2.15. The molecule has 0 saturated carbocycles. The molecule has 1 aliphatic heterocycles. The van der Waals surface area contributed by atoms with Crippen LogP contribution in [0.5, 0.6) is 5.75 Å². The van der Waals surface area contributed by atoms with E-state index in [0.717, 1.165) is 29.9 Å². The number of rotatable bonds is 3. The van der Waals surface area contributed by atoms with Crippen molar-refractivity contribution >= 4 is 5.88 Å². The molecule has 5 heteroatoms. The average Bonchev–Trinajstić information content (AvgIpc) is 3.02. The summed E-state index contributed by atoms with van der Waals surface area (Å²) in [5.74, 6) is 1.16. The molecule has 18 heavy (non-hydrogen) atoms. The zero-order chi connectivity index (χ0) is 12.4. The third kappa shape index (κ3) is 2.17. The summed E-state index contributed by atoms with van der Waals surface area (Å²) in [6.45, 7) is 1.44. The molecule has 1 unspecified atom stereocenters. The van der Waals surface area contributed by atoms with Crippen LogP contribution >= 0.6 is 0 Å². The Morgan fingerprint density at radius 1 is 1.28 bits per heavy atom. The Kier molecular flexibility index (Phi) is 2.90. The molecule has 0 spiro atoms. The second kappa shape index (κ2) is 4.70. The number of hydrogen-bond acceptors (Lipinski definition) is 5. The van der Waals surface area contributed by atoms with E-state index in [1.54, 1.807) is 6.20 Å². The van der Waals surface area contributed by atoms with E-state index in [0.29, 0.717) is 12.5 Å². The molecule has 2 aromatic rings. The molecule has 94 valence electrons. The minimum absolute atomic E-state index is 0.163. The Morgan fingerprint density at radius 3 is 2.72 bits per heavy atom. The first kappa shape index (κ1) is 11.1. The van der Waals surface area contributed by atoms with Gasteiger partial charge in [-0.2, -0.15) is 0 Å². The van der Waals surface area contributed by atoms with Crippen LogP contribution in [0.2, 0.25) is 0 Å². The highest BCUT2D eigenvalue weighted by Crippen LogP contribution is 2.27. The smallest absolute Gasteiger partial charge is 0.229 e. The van der Waals surface area contributed by atoms with Crippen LogP contribution in [0.3, 0.4) is 0 Å². The molecule has 0 bridgehead atoms. The van der Waals surface area contributed by atoms with E-state index in [9.17, 15) is 0 Å². The minimum Gasteiger partial charge on any atom is -0.488 e. The molecule has 5 nitrogen and oxygen atoms in total. The summed E-state index contributed by atoms with van der Waals surface area (Å²) >= 11 is 0. The molecule has 1 saturated heterocycles. The van der Waals surface area contributed by atoms with Gasteiger partial charge in [-0.25, -0.2) is 0 Å². The molecule has 2 heterocycles. The quantitative estimate of drug-likeness (QED) is 0.897. The molecule has 2 N–H and O–H groups in total. The average molecular weight is 246 g/mol. The third-order valence-electron chi connectivity index (χ3n) is 2.95. The molecule has 1 atom stereocenters. The molecule has 0 amide bonds. The van der Waals surface area contributed by atoms with E-state index in [2.05, 4.69) is 5.16 Å². The summed E-state index contributed by atoms with van der Waals surface area (Å²) in [5, 5.41) is 3.66. The van der Waals surface area contributed by atoms with Crippen LogP contribution < -0.4 is 10.5 Å². The molecule has 3 rings (SSSR count). The largest absolute Gasteiger partial charge is 0.488 e. The van der Waals surface area contributed by atoms with Gasteiger partial charge in [0.1, 0.15) is 11.9 Å². The van der Waals surface area contributed by atoms with Crippen LogP contribution in [-0.2, 0) is 4.74 Å². The standard InChI is InChI=1S/C13H14N2O3/c14-13-12(7-15-18-13)9-1-3-10(4-2-9)17-11-5-6-16-8-11/h1-4,7,11H,5-6,8,14H2. The van der Waals surface area contributed by atoms with Gasteiger partial charge in [0.15, 0.2) is 0 Å². The lowest BCUT2D eigenvalue weighted by molar-refractivity contribution is 0.141. The molecule has 1 aromatic heterocycles. The van der Waals surface area contributed by atoms with Crippen LogP contribution in [0.25, 0.3) is 11.1 Å². The van der Waals surface area contributed by atoms with E-state index in [4.69, 9.17) is 19.7 Å². The monoisotopic (exact) mass is 246 g/mol. The highest BCUT2D eigenvalue weighted by atomic mass is 16.5. The molecule has 1 aromatic carbocycles. The Balaban J connectivity index is 1.74. The van der Waals surface area contributed by atoms with Crippen molar-refractivity contribution in [2.24, 2.45) is 0 Å². The van der Waals surface area contributed by atoms with E-state index >= 15 is 0 Å². The van der Waals surface area contributed by atoms with Crippen molar-refractivity contribution in [1.82, 2.24) is 5.16 Å². The van der Waals surface area contributed by atoms with Crippen molar-refractivity contribution in [3.63, 3.8) is 0 Å². The first-order chi connectivity index (χ1) is 8.83. The van der Waals surface area contributed by atoms with Gasteiger partial charge in [-0.1, -0.05) is 17.3 Å². The van der Waals surface area contributed by atoms with E-state index in [-0.39, 0.29) is 6.10 Å². The van der Waals surface area contributed by atoms with Crippen LogP contribution in [0.1, 0.15) is 6.42 Å². The maximum atomic E-state index is 5.78. The molecule has 0 aliphatic carbocycles. The fraction of sp³-hybridized carbons (Fsp3) is 0.308. The van der Waals surface area contributed by atoms with Gasteiger partial charge in [0.05, 0.1) is 25.0 Å². The number of ether oxygens (including phenoxy) is 2. The maximum absolute atomic E-state index is 5.78. The van der Waals surface area contributed by atoms with Gasteiger partial charge < -0.3 is 19.7 Å². The lowest BCUT2D eigenvalue weighted by Gasteiger charge is -2.11. The zero-order valence-electron chi connectivity index (χ0n) is 9.83. The predicted molar refractivity (Wildman–Crippen MR) is 66.2 cm³/mol. The summed E-state index contributed by atoms with van der Waals surface area (Å²) in [6.07, 6.45) is 2.72. The number of nitrogen functional groups attached to an aromatic ring is 1. The Morgan fingerprint density at radius 2 is 2.11 bits per heavy atom. The predicted octanol–water partition coefficient (Wildman–Crippen LogP) is 2.09. The SMILES string of the molecule is Nc1oncc1-c1ccc(OC2CCOC2)cc1. The van der Waals surface area contributed by atoms with E-state index < -0.39 is 0 Å². The zero-order valence-corrected chi connectivity index (χ0v) is 9.83. The Bertz CT molecular complexity index is 515. The van der Waals surface area contributed by atoms with Gasteiger partial charge in [-0.3, -0.25) is 0 Å². The fourth-order valence-electron chi connectivity index (χ4n) is 1.98. The number of nitrogens with two attached hydrogens (primary N) is 1. The second-order valence-corrected chi connectivity index (χ2v) is 4.23. The van der Waals surface area contributed by atoms with Gasteiger partial charge in [-0.15, -0.1) is 0 Å². The van der Waals surface area contributed by atoms with Crippen LogP contribution in [-0.4, -0.2) is 24.5 Å². The van der Waals surface area contributed by atoms with Crippen molar-refractivity contribution < 1.29 is 14.0 Å². The summed E-state index contributed by atoms with van der Waals surface area (Å²) in [4.78, 5) is 0. The van der Waals surface area contributed by atoms with Crippen LogP contribution in [0.15, 0.2) is 35.0 Å². The minimum atomic E-state index is 0.163.